The normalized spacial score (nSPS) is 9.65. The van der Waals surface area contributed by atoms with Crippen LogP contribution in [0.15, 0.2) is 29.4 Å². The lowest BCUT2D eigenvalue weighted by Crippen LogP contribution is -2.42. The third-order valence-corrected chi connectivity index (χ3v) is 1.87. The molecule has 1 aromatic heterocycles. The number of aliphatic carboxylic acids is 1. The molecular weight excluding hydrogens is 226 g/mol. The standard InChI is InChI=1S/C10H13N3O4/c1-2-5-13(7-9(14)15)10(16)11-6-8-3-4-12-17-8/h2-4H,1,5-7H2,(H,11,16)(H,14,15). The summed E-state index contributed by atoms with van der Waals surface area (Å²) in [5.74, 6) is -0.589. The molecule has 0 aliphatic heterocycles. The molecule has 2 N–H and O–H groups in total. The molecule has 0 radical (unpaired) electrons. The quantitative estimate of drug-likeness (QED) is 0.703. The number of carboxylic acids is 1. The summed E-state index contributed by atoms with van der Waals surface area (Å²) >= 11 is 0. The van der Waals surface area contributed by atoms with E-state index in [4.69, 9.17) is 9.63 Å². The van der Waals surface area contributed by atoms with Crippen LogP contribution in [0.2, 0.25) is 0 Å². The van der Waals surface area contributed by atoms with E-state index in [-0.39, 0.29) is 19.6 Å². The molecule has 1 aromatic rings. The van der Waals surface area contributed by atoms with Gasteiger partial charge in [-0.2, -0.15) is 0 Å². The van der Waals surface area contributed by atoms with Crippen molar-refractivity contribution in [3.05, 3.63) is 30.7 Å². The minimum Gasteiger partial charge on any atom is -0.480 e. The van der Waals surface area contributed by atoms with E-state index >= 15 is 0 Å². The van der Waals surface area contributed by atoms with Crippen LogP contribution >= 0.6 is 0 Å². The van der Waals surface area contributed by atoms with Crippen LogP contribution in [-0.2, 0) is 11.3 Å². The molecule has 92 valence electrons. The van der Waals surface area contributed by atoms with Crippen LogP contribution in [0.4, 0.5) is 4.79 Å². The molecule has 1 heterocycles. The number of amides is 2. The molecule has 0 aliphatic carbocycles. The van der Waals surface area contributed by atoms with Crippen molar-refractivity contribution in [1.82, 2.24) is 15.4 Å². The minimum absolute atomic E-state index is 0.159. The van der Waals surface area contributed by atoms with Crippen molar-refractivity contribution in [3.63, 3.8) is 0 Å². The van der Waals surface area contributed by atoms with Gasteiger partial charge in [-0.15, -0.1) is 6.58 Å². The molecule has 0 bridgehead atoms. The molecule has 17 heavy (non-hydrogen) atoms. The van der Waals surface area contributed by atoms with Gasteiger partial charge < -0.3 is 19.8 Å². The summed E-state index contributed by atoms with van der Waals surface area (Å²) in [4.78, 5) is 23.3. The van der Waals surface area contributed by atoms with Crippen molar-refractivity contribution in [2.75, 3.05) is 13.1 Å². The van der Waals surface area contributed by atoms with E-state index in [0.717, 1.165) is 4.90 Å². The van der Waals surface area contributed by atoms with Gasteiger partial charge in [-0.3, -0.25) is 4.79 Å². The predicted octanol–water partition coefficient (Wildman–Crippen LogP) is 0.457. The highest BCUT2D eigenvalue weighted by molar-refractivity contribution is 5.80. The first-order valence-electron chi connectivity index (χ1n) is 4.88. The molecule has 7 heteroatoms. The predicted molar refractivity (Wildman–Crippen MR) is 58.1 cm³/mol. The largest absolute Gasteiger partial charge is 0.480 e. The first kappa shape index (κ1) is 12.8. The van der Waals surface area contributed by atoms with Gasteiger partial charge in [0.15, 0.2) is 5.76 Å². The fourth-order valence-electron chi connectivity index (χ4n) is 1.15. The van der Waals surface area contributed by atoms with Gasteiger partial charge >= 0.3 is 12.0 Å². The lowest BCUT2D eigenvalue weighted by atomic mass is 10.4. The van der Waals surface area contributed by atoms with Gasteiger partial charge in [0.1, 0.15) is 6.54 Å². The molecule has 0 atom stereocenters. The van der Waals surface area contributed by atoms with Crippen LogP contribution < -0.4 is 5.32 Å². The lowest BCUT2D eigenvalue weighted by molar-refractivity contribution is -0.137. The number of rotatable bonds is 6. The van der Waals surface area contributed by atoms with Crippen LogP contribution in [0.5, 0.6) is 0 Å². The van der Waals surface area contributed by atoms with Gasteiger partial charge in [-0.25, -0.2) is 4.79 Å². The highest BCUT2D eigenvalue weighted by atomic mass is 16.5. The second kappa shape index (κ2) is 6.31. The molecule has 2 amide bonds. The van der Waals surface area contributed by atoms with E-state index in [1.807, 2.05) is 0 Å². The Bertz CT molecular complexity index is 388. The molecule has 0 saturated carbocycles. The van der Waals surface area contributed by atoms with Crippen LogP contribution in [0.25, 0.3) is 0 Å². The molecule has 0 aliphatic rings. The van der Waals surface area contributed by atoms with Crippen LogP contribution in [0, 0.1) is 0 Å². The zero-order chi connectivity index (χ0) is 12.7. The average Bonchev–Trinajstić information content (AvgIpc) is 2.77. The first-order chi connectivity index (χ1) is 8.13. The average molecular weight is 239 g/mol. The van der Waals surface area contributed by atoms with Crippen LogP contribution in [-0.4, -0.2) is 40.3 Å². The summed E-state index contributed by atoms with van der Waals surface area (Å²) in [6, 6.07) is 1.11. The summed E-state index contributed by atoms with van der Waals surface area (Å²) in [7, 11) is 0. The van der Waals surface area contributed by atoms with Crippen molar-refractivity contribution < 1.29 is 19.2 Å². The summed E-state index contributed by atoms with van der Waals surface area (Å²) in [5.41, 5.74) is 0. The van der Waals surface area contributed by atoms with E-state index in [2.05, 4.69) is 17.1 Å². The van der Waals surface area contributed by atoms with Crippen molar-refractivity contribution in [3.8, 4) is 0 Å². The zero-order valence-corrected chi connectivity index (χ0v) is 9.13. The Morgan fingerprint density at radius 1 is 1.65 bits per heavy atom. The lowest BCUT2D eigenvalue weighted by Gasteiger charge is -2.18. The maximum Gasteiger partial charge on any atom is 0.323 e. The van der Waals surface area contributed by atoms with Gasteiger partial charge in [0.05, 0.1) is 12.7 Å². The fraction of sp³-hybridized carbons (Fsp3) is 0.300. The number of nitrogens with zero attached hydrogens (tertiary/aromatic N) is 2. The molecule has 0 fully saturated rings. The molecule has 7 nitrogen and oxygen atoms in total. The number of hydrogen-bond acceptors (Lipinski definition) is 4. The monoisotopic (exact) mass is 239 g/mol. The molecular formula is C10H13N3O4. The third-order valence-electron chi connectivity index (χ3n) is 1.87. The van der Waals surface area contributed by atoms with E-state index < -0.39 is 12.0 Å². The molecule has 1 rings (SSSR count). The number of carboxylic acid groups (broad SMARTS) is 1. The Labute approximate surface area is 97.7 Å². The topological polar surface area (TPSA) is 95.7 Å². The zero-order valence-electron chi connectivity index (χ0n) is 9.13. The highest BCUT2D eigenvalue weighted by Crippen LogP contribution is 1.97. The van der Waals surface area contributed by atoms with Gasteiger partial charge in [-0.05, 0) is 0 Å². The van der Waals surface area contributed by atoms with Crippen LogP contribution in [0.3, 0.4) is 0 Å². The van der Waals surface area contributed by atoms with Crippen molar-refractivity contribution >= 4 is 12.0 Å². The second-order valence-electron chi connectivity index (χ2n) is 3.20. The van der Waals surface area contributed by atoms with Crippen molar-refractivity contribution in [2.24, 2.45) is 0 Å². The SMILES string of the molecule is C=CCN(CC(=O)O)C(=O)NCc1ccno1. The smallest absolute Gasteiger partial charge is 0.323 e. The summed E-state index contributed by atoms with van der Waals surface area (Å²) < 4.78 is 4.78. The number of carbonyl (C=O) groups excluding carboxylic acids is 1. The van der Waals surface area contributed by atoms with Crippen LogP contribution in [0.1, 0.15) is 5.76 Å². The van der Waals surface area contributed by atoms with Gasteiger partial charge in [0.25, 0.3) is 0 Å². The molecule has 0 aromatic carbocycles. The van der Waals surface area contributed by atoms with Gasteiger partial charge in [0, 0.05) is 12.6 Å². The second-order valence-corrected chi connectivity index (χ2v) is 3.20. The molecule has 0 spiro atoms. The summed E-state index contributed by atoms with van der Waals surface area (Å²) in [5, 5.41) is 14.6. The van der Waals surface area contributed by atoms with Crippen molar-refractivity contribution in [1.29, 1.82) is 0 Å². The number of nitrogens with one attached hydrogen (secondary N) is 1. The fourth-order valence-corrected chi connectivity index (χ4v) is 1.15. The number of aromatic nitrogens is 1. The Kier molecular flexibility index (Phi) is 4.74. The maximum atomic E-state index is 11.6. The van der Waals surface area contributed by atoms with E-state index in [0.29, 0.717) is 5.76 Å². The molecule has 0 unspecified atom stereocenters. The Morgan fingerprint density at radius 3 is 2.94 bits per heavy atom. The van der Waals surface area contributed by atoms with Crippen molar-refractivity contribution in [2.45, 2.75) is 6.54 Å². The third kappa shape index (κ3) is 4.37. The van der Waals surface area contributed by atoms with Gasteiger partial charge in [-0.1, -0.05) is 11.2 Å². The highest BCUT2D eigenvalue weighted by Gasteiger charge is 2.15. The maximum absolute atomic E-state index is 11.6. The summed E-state index contributed by atoms with van der Waals surface area (Å²) in [6.07, 6.45) is 2.91. The molecule has 0 saturated heterocycles. The van der Waals surface area contributed by atoms with E-state index in [1.54, 1.807) is 6.07 Å². The Hall–Kier alpha value is -2.31. The number of hydrogen-bond donors (Lipinski definition) is 2. The minimum atomic E-state index is -1.08. The Morgan fingerprint density at radius 2 is 2.41 bits per heavy atom. The van der Waals surface area contributed by atoms with E-state index in [9.17, 15) is 9.59 Å². The number of urea groups is 1. The van der Waals surface area contributed by atoms with Gasteiger partial charge in [0.2, 0.25) is 0 Å². The summed E-state index contributed by atoms with van der Waals surface area (Å²) in [6.45, 7) is 3.40. The number of carbonyl (C=O) groups is 2. The first-order valence-corrected chi connectivity index (χ1v) is 4.88. The van der Waals surface area contributed by atoms with E-state index in [1.165, 1.54) is 12.3 Å². The Balaban J connectivity index is 2.46.